The zero-order valence-corrected chi connectivity index (χ0v) is 12.8. The van der Waals surface area contributed by atoms with Crippen molar-refractivity contribution < 1.29 is 14.0 Å². The molecule has 0 aliphatic carbocycles. The van der Waals surface area contributed by atoms with Crippen molar-refractivity contribution in [2.45, 2.75) is 13.5 Å². The molecule has 0 saturated carbocycles. The van der Waals surface area contributed by atoms with Crippen molar-refractivity contribution in [1.29, 1.82) is 0 Å². The van der Waals surface area contributed by atoms with E-state index in [1.54, 1.807) is 6.07 Å². The van der Waals surface area contributed by atoms with Crippen LogP contribution < -0.4 is 16.8 Å². The van der Waals surface area contributed by atoms with Crippen molar-refractivity contribution in [3.05, 3.63) is 58.3 Å². The van der Waals surface area contributed by atoms with Gasteiger partial charge in [-0.3, -0.25) is 14.6 Å². The van der Waals surface area contributed by atoms with E-state index in [2.05, 4.69) is 10.3 Å². The molecule has 8 heteroatoms. The molecule has 0 radical (unpaired) electrons. The van der Waals surface area contributed by atoms with Gasteiger partial charge in [-0.2, -0.15) is 0 Å². The maximum absolute atomic E-state index is 12.7. The van der Waals surface area contributed by atoms with Crippen LogP contribution in [0.15, 0.2) is 45.7 Å². The van der Waals surface area contributed by atoms with E-state index in [0.717, 1.165) is 4.57 Å². The van der Waals surface area contributed by atoms with E-state index in [1.165, 1.54) is 37.4 Å². The largest absolute Gasteiger partial charge is 0.427 e. The number of hydrogen-bond acceptors (Lipinski definition) is 6. The number of nitrogen functional groups attached to an aromatic ring is 1. The summed E-state index contributed by atoms with van der Waals surface area (Å²) < 4.78 is 5.98. The number of nitrogens with zero attached hydrogens (tertiary/aromatic N) is 2. The number of fused-ring (bicyclic) bond motifs is 1. The number of carbonyl (C=O) groups is 2. The first-order valence-electron chi connectivity index (χ1n) is 7.11. The molecular formula is C16H14N4O4. The van der Waals surface area contributed by atoms with Crippen LogP contribution in [0.1, 0.15) is 23.0 Å². The summed E-state index contributed by atoms with van der Waals surface area (Å²) in [6, 6.07) is 7.60. The molecule has 2 heterocycles. The summed E-state index contributed by atoms with van der Waals surface area (Å²) in [6.45, 7) is 1.57. The molecule has 122 valence electrons. The number of nitrogens with one attached hydrogen (secondary N) is 1. The zero-order chi connectivity index (χ0) is 17.3. The third-order valence-corrected chi connectivity index (χ3v) is 3.39. The topological polar surface area (TPSA) is 120 Å². The minimum atomic E-state index is -0.791. The van der Waals surface area contributed by atoms with Crippen LogP contribution in [0.25, 0.3) is 11.1 Å². The lowest BCUT2D eigenvalue weighted by molar-refractivity contribution is -0.119. The maximum atomic E-state index is 12.7. The van der Waals surface area contributed by atoms with E-state index in [9.17, 15) is 14.4 Å². The summed E-state index contributed by atoms with van der Waals surface area (Å²) >= 11 is 0. The summed E-state index contributed by atoms with van der Waals surface area (Å²) in [5, 5.41) is 2.59. The molecule has 0 atom stereocenters. The third-order valence-electron chi connectivity index (χ3n) is 3.39. The molecule has 0 bridgehead atoms. The average Bonchev–Trinajstić information content (AvgIpc) is 2.87. The highest BCUT2D eigenvalue weighted by atomic mass is 16.4. The van der Waals surface area contributed by atoms with Crippen molar-refractivity contribution in [2.75, 3.05) is 5.73 Å². The number of rotatable bonds is 3. The Morgan fingerprint density at radius 3 is 2.83 bits per heavy atom. The van der Waals surface area contributed by atoms with Crippen LogP contribution in [0.3, 0.4) is 0 Å². The van der Waals surface area contributed by atoms with E-state index >= 15 is 0 Å². The third kappa shape index (κ3) is 2.89. The van der Waals surface area contributed by atoms with Gasteiger partial charge in [0.15, 0.2) is 5.58 Å². The summed E-state index contributed by atoms with van der Waals surface area (Å²) in [4.78, 5) is 39.8. The summed E-state index contributed by atoms with van der Waals surface area (Å²) in [5.74, 6) is -1.56. The van der Waals surface area contributed by atoms with Crippen LogP contribution in [0.2, 0.25) is 0 Å². The highest BCUT2D eigenvalue weighted by Gasteiger charge is 2.18. The number of carbonyl (C=O) groups excluding carboxylic acids is 2. The zero-order valence-electron chi connectivity index (χ0n) is 12.8. The van der Waals surface area contributed by atoms with Crippen molar-refractivity contribution in [1.82, 2.24) is 14.9 Å². The number of hydrogen-bond donors (Lipinski definition) is 2. The van der Waals surface area contributed by atoms with E-state index in [1.807, 2.05) is 0 Å². The van der Waals surface area contributed by atoms with Gasteiger partial charge < -0.3 is 15.5 Å². The molecule has 3 rings (SSSR count). The van der Waals surface area contributed by atoms with Gasteiger partial charge in [0.25, 0.3) is 5.91 Å². The van der Waals surface area contributed by atoms with Crippen molar-refractivity contribution in [3.8, 4) is 0 Å². The molecule has 2 aromatic heterocycles. The predicted molar refractivity (Wildman–Crippen MR) is 86.4 cm³/mol. The first-order chi connectivity index (χ1) is 11.5. The minimum absolute atomic E-state index is 0.185. The lowest BCUT2D eigenvalue weighted by atomic mass is 10.2. The normalized spacial score (nSPS) is 10.7. The number of oxazole rings is 1. The molecule has 0 unspecified atom stereocenters. The second-order valence-corrected chi connectivity index (χ2v) is 5.18. The Morgan fingerprint density at radius 1 is 1.29 bits per heavy atom. The second kappa shape index (κ2) is 5.99. The van der Waals surface area contributed by atoms with Crippen LogP contribution in [-0.4, -0.2) is 21.4 Å². The van der Waals surface area contributed by atoms with E-state index in [-0.39, 0.29) is 23.6 Å². The summed E-state index contributed by atoms with van der Waals surface area (Å²) in [5.41, 5.74) is 7.44. The van der Waals surface area contributed by atoms with Gasteiger partial charge >= 0.3 is 5.76 Å². The van der Waals surface area contributed by atoms with E-state index in [4.69, 9.17) is 10.2 Å². The molecule has 8 nitrogen and oxygen atoms in total. The molecule has 0 aliphatic heterocycles. The Morgan fingerprint density at radius 2 is 2.08 bits per heavy atom. The van der Waals surface area contributed by atoms with Crippen LogP contribution in [-0.2, 0) is 11.3 Å². The highest BCUT2D eigenvalue weighted by molar-refractivity contribution is 6.01. The molecule has 1 amide bonds. The maximum Gasteiger partial charge on any atom is 0.427 e. The Balaban J connectivity index is 2.02. The van der Waals surface area contributed by atoms with Crippen molar-refractivity contribution in [2.24, 2.45) is 0 Å². The number of benzene rings is 1. The van der Waals surface area contributed by atoms with Crippen LogP contribution in [0.5, 0.6) is 0 Å². The lowest BCUT2D eigenvalue weighted by Gasteiger charge is -2.05. The van der Waals surface area contributed by atoms with Gasteiger partial charge in [-0.15, -0.1) is 0 Å². The van der Waals surface area contributed by atoms with Gasteiger partial charge in [-0.1, -0.05) is 0 Å². The number of nitrogens with two attached hydrogens (primary N) is 1. The van der Waals surface area contributed by atoms with E-state index < -0.39 is 11.7 Å². The Kier molecular flexibility index (Phi) is 3.87. The quantitative estimate of drug-likeness (QED) is 0.690. The first-order valence-corrected chi connectivity index (χ1v) is 7.11. The predicted octanol–water partition coefficient (Wildman–Crippen LogP) is 0.896. The van der Waals surface area contributed by atoms with Gasteiger partial charge in [0.1, 0.15) is 5.52 Å². The van der Waals surface area contributed by atoms with Gasteiger partial charge in [-0.05, 0) is 30.3 Å². The molecule has 3 N–H and O–H groups in total. The molecular weight excluding hydrogens is 312 g/mol. The first kappa shape index (κ1) is 15.5. The molecule has 1 aromatic carbocycles. The monoisotopic (exact) mass is 326 g/mol. The second-order valence-electron chi connectivity index (χ2n) is 5.18. The van der Waals surface area contributed by atoms with Crippen LogP contribution >= 0.6 is 0 Å². The standard InChI is InChI=1S/C16H14N4O4/c1-9(21)19-8-12-6-10(4-5-18-12)15(22)20-13-7-11(17)2-3-14(13)24-16(20)23/h2-7H,8,17H2,1H3,(H,19,21). The van der Waals surface area contributed by atoms with Crippen molar-refractivity contribution in [3.63, 3.8) is 0 Å². The smallest absolute Gasteiger partial charge is 0.407 e. The fourth-order valence-electron chi connectivity index (χ4n) is 2.28. The highest BCUT2D eigenvalue weighted by Crippen LogP contribution is 2.17. The number of anilines is 1. The molecule has 0 saturated heterocycles. The lowest BCUT2D eigenvalue weighted by Crippen LogP contribution is -2.24. The minimum Gasteiger partial charge on any atom is -0.407 e. The van der Waals surface area contributed by atoms with Crippen LogP contribution in [0, 0.1) is 0 Å². The molecule has 24 heavy (non-hydrogen) atoms. The van der Waals surface area contributed by atoms with Gasteiger partial charge in [-0.25, -0.2) is 9.36 Å². The molecule has 0 spiro atoms. The number of aromatic nitrogens is 2. The molecule has 0 aliphatic rings. The van der Waals surface area contributed by atoms with Crippen LogP contribution in [0.4, 0.5) is 5.69 Å². The Hall–Kier alpha value is -3.42. The fraction of sp³-hybridized carbons (Fsp3) is 0.125. The molecule has 3 aromatic rings. The average molecular weight is 326 g/mol. The van der Waals surface area contributed by atoms with Gasteiger partial charge in [0.2, 0.25) is 5.91 Å². The Bertz CT molecular complexity index is 1000. The van der Waals surface area contributed by atoms with Gasteiger partial charge in [0, 0.05) is 24.4 Å². The Labute approximate surface area is 135 Å². The summed E-state index contributed by atoms with van der Waals surface area (Å²) in [7, 11) is 0. The summed E-state index contributed by atoms with van der Waals surface area (Å²) in [6.07, 6.45) is 1.44. The molecule has 0 fully saturated rings. The number of amides is 1. The van der Waals surface area contributed by atoms with Gasteiger partial charge in [0.05, 0.1) is 12.2 Å². The fourth-order valence-corrected chi connectivity index (χ4v) is 2.28. The SMILES string of the molecule is CC(=O)NCc1cc(C(=O)n2c(=O)oc3ccc(N)cc32)ccn1. The van der Waals surface area contributed by atoms with Crippen molar-refractivity contribution >= 4 is 28.6 Å². The number of pyridine rings is 1. The van der Waals surface area contributed by atoms with E-state index in [0.29, 0.717) is 16.9 Å².